The predicted octanol–water partition coefficient (Wildman–Crippen LogP) is 3.06. The summed E-state index contributed by atoms with van der Waals surface area (Å²) < 4.78 is 32.6. The molecule has 0 radical (unpaired) electrons. The Morgan fingerprint density at radius 2 is 1.79 bits per heavy atom. The third-order valence-corrected chi connectivity index (χ3v) is 7.23. The van der Waals surface area contributed by atoms with Crippen molar-refractivity contribution in [2.45, 2.75) is 31.2 Å². The van der Waals surface area contributed by atoms with E-state index in [4.69, 9.17) is 4.74 Å². The van der Waals surface area contributed by atoms with Crippen LogP contribution in [0.5, 0.6) is 5.75 Å². The predicted molar refractivity (Wildman–Crippen MR) is 112 cm³/mol. The largest absolute Gasteiger partial charge is 0.497 e. The van der Waals surface area contributed by atoms with Crippen molar-refractivity contribution >= 4 is 15.9 Å². The molecule has 156 valence electrons. The third kappa shape index (κ3) is 4.97. The number of carbonyl (C=O) groups excluding carboxylic acids is 1. The molecule has 0 bridgehead atoms. The Morgan fingerprint density at radius 1 is 1.14 bits per heavy atom. The van der Waals surface area contributed by atoms with Crippen LogP contribution in [0.3, 0.4) is 0 Å². The van der Waals surface area contributed by atoms with E-state index in [9.17, 15) is 13.2 Å². The molecule has 0 spiro atoms. The molecule has 1 atom stereocenters. The first-order valence-electron chi connectivity index (χ1n) is 9.76. The molecule has 2 aromatic carbocycles. The lowest BCUT2D eigenvalue weighted by atomic mass is 9.98. The van der Waals surface area contributed by atoms with E-state index in [1.165, 1.54) is 4.31 Å². The first kappa shape index (κ1) is 21.3. The number of aryl methyl sites for hydroxylation is 1. The van der Waals surface area contributed by atoms with E-state index in [0.29, 0.717) is 25.9 Å². The normalized spacial score (nSPS) is 17.7. The number of benzene rings is 2. The SMILES string of the molecule is COc1ccc(CN(C)C(=O)C2CCCN(S(=O)(=O)c3ccc(C)cc3)C2)cc1. The average molecular weight is 417 g/mol. The quantitative estimate of drug-likeness (QED) is 0.726. The van der Waals surface area contributed by atoms with Gasteiger partial charge in [-0.15, -0.1) is 0 Å². The molecule has 6 nitrogen and oxygen atoms in total. The molecule has 0 aromatic heterocycles. The molecule has 7 heteroatoms. The van der Waals surface area contributed by atoms with Crippen LogP contribution in [0.2, 0.25) is 0 Å². The van der Waals surface area contributed by atoms with Gasteiger partial charge >= 0.3 is 0 Å². The van der Waals surface area contributed by atoms with Crippen molar-refractivity contribution in [2.75, 3.05) is 27.2 Å². The maximum absolute atomic E-state index is 13.0. The van der Waals surface area contributed by atoms with Gasteiger partial charge in [-0.05, 0) is 49.6 Å². The summed E-state index contributed by atoms with van der Waals surface area (Å²) in [7, 11) is -0.210. The maximum atomic E-state index is 13.0. The Bertz CT molecular complexity index is 940. The maximum Gasteiger partial charge on any atom is 0.243 e. The number of sulfonamides is 1. The molecule has 1 aliphatic rings. The van der Waals surface area contributed by atoms with Crippen molar-refractivity contribution in [3.63, 3.8) is 0 Å². The summed E-state index contributed by atoms with van der Waals surface area (Å²) in [5.74, 6) is 0.420. The summed E-state index contributed by atoms with van der Waals surface area (Å²) in [5.41, 5.74) is 2.01. The lowest BCUT2D eigenvalue weighted by Crippen LogP contribution is -2.45. The highest BCUT2D eigenvalue weighted by Crippen LogP contribution is 2.25. The Hall–Kier alpha value is -2.38. The van der Waals surface area contributed by atoms with Crippen molar-refractivity contribution < 1.29 is 17.9 Å². The van der Waals surface area contributed by atoms with Crippen molar-refractivity contribution in [1.29, 1.82) is 0 Å². The summed E-state index contributed by atoms with van der Waals surface area (Å²) in [6, 6.07) is 14.4. The van der Waals surface area contributed by atoms with Crippen LogP contribution in [0.4, 0.5) is 0 Å². The Kier molecular flexibility index (Phi) is 6.59. The highest BCUT2D eigenvalue weighted by Gasteiger charge is 2.34. The molecule has 3 rings (SSSR count). The monoisotopic (exact) mass is 416 g/mol. The second-order valence-corrected chi connectivity index (χ2v) is 9.50. The lowest BCUT2D eigenvalue weighted by molar-refractivity contribution is -0.135. The van der Waals surface area contributed by atoms with Crippen molar-refractivity contribution in [3.8, 4) is 5.75 Å². The van der Waals surface area contributed by atoms with Crippen molar-refractivity contribution in [1.82, 2.24) is 9.21 Å². The summed E-state index contributed by atoms with van der Waals surface area (Å²) in [6.07, 6.45) is 1.38. The van der Waals surface area contributed by atoms with Gasteiger partial charge in [0, 0.05) is 26.7 Å². The molecule has 1 saturated heterocycles. The Morgan fingerprint density at radius 3 is 2.41 bits per heavy atom. The number of rotatable bonds is 6. The van der Waals surface area contributed by atoms with E-state index >= 15 is 0 Å². The zero-order chi connectivity index (χ0) is 21.0. The van der Waals surface area contributed by atoms with Gasteiger partial charge in [-0.25, -0.2) is 8.42 Å². The van der Waals surface area contributed by atoms with E-state index in [-0.39, 0.29) is 23.3 Å². The number of carbonyl (C=O) groups is 1. The van der Waals surface area contributed by atoms with Crippen LogP contribution in [-0.4, -0.2) is 50.8 Å². The molecule has 2 aromatic rings. The summed E-state index contributed by atoms with van der Waals surface area (Å²) in [4.78, 5) is 14.9. The summed E-state index contributed by atoms with van der Waals surface area (Å²) in [6.45, 7) is 3.07. The minimum absolute atomic E-state index is 0.0235. The molecule has 1 amide bonds. The average Bonchev–Trinajstić information content (AvgIpc) is 2.74. The van der Waals surface area contributed by atoms with Gasteiger partial charge in [0.05, 0.1) is 17.9 Å². The number of amides is 1. The van der Waals surface area contributed by atoms with Crippen LogP contribution >= 0.6 is 0 Å². The molecular formula is C22H28N2O4S. The second kappa shape index (κ2) is 8.97. The van der Waals surface area contributed by atoms with Gasteiger partial charge in [0.2, 0.25) is 15.9 Å². The van der Waals surface area contributed by atoms with Gasteiger partial charge in [0.15, 0.2) is 0 Å². The van der Waals surface area contributed by atoms with Gasteiger partial charge < -0.3 is 9.64 Å². The Balaban J connectivity index is 1.67. The van der Waals surface area contributed by atoms with Gasteiger partial charge in [-0.3, -0.25) is 4.79 Å². The summed E-state index contributed by atoms with van der Waals surface area (Å²) in [5, 5.41) is 0. The number of ether oxygens (including phenoxy) is 1. The van der Waals surface area contributed by atoms with Crippen molar-refractivity contribution in [2.24, 2.45) is 5.92 Å². The van der Waals surface area contributed by atoms with E-state index in [0.717, 1.165) is 16.9 Å². The zero-order valence-electron chi connectivity index (χ0n) is 17.2. The topological polar surface area (TPSA) is 66.9 Å². The number of methoxy groups -OCH3 is 1. The van der Waals surface area contributed by atoms with Crippen LogP contribution in [0.15, 0.2) is 53.4 Å². The fourth-order valence-electron chi connectivity index (χ4n) is 3.62. The van der Waals surface area contributed by atoms with E-state index < -0.39 is 10.0 Å². The van der Waals surface area contributed by atoms with E-state index in [1.807, 2.05) is 31.2 Å². The Labute approximate surface area is 173 Å². The first-order chi connectivity index (χ1) is 13.8. The zero-order valence-corrected chi connectivity index (χ0v) is 18.0. The number of nitrogens with zero attached hydrogens (tertiary/aromatic N) is 2. The highest BCUT2D eigenvalue weighted by atomic mass is 32.2. The summed E-state index contributed by atoms with van der Waals surface area (Å²) >= 11 is 0. The highest BCUT2D eigenvalue weighted by molar-refractivity contribution is 7.89. The van der Waals surface area contributed by atoms with E-state index in [2.05, 4.69) is 0 Å². The molecular weight excluding hydrogens is 388 g/mol. The number of hydrogen-bond acceptors (Lipinski definition) is 4. The fourth-order valence-corrected chi connectivity index (χ4v) is 5.14. The van der Waals surface area contributed by atoms with Gasteiger partial charge in [0.1, 0.15) is 5.75 Å². The van der Waals surface area contributed by atoms with E-state index in [1.54, 1.807) is 43.3 Å². The molecule has 1 unspecified atom stereocenters. The number of piperidine rings is 1. The lowest BCUT2D eigenvalue weighted by Gasteiger charge is -2.33. The smallest absolute Gasteiger partial charge is 0.243 e. The molecule has 29 heavy (non-hydrogen) atoms. The molecule has 1 fully saturated rings. The fraction of sp³-hybridized carbons (Fsp3) is 0.409. The molecule has 1 aliphatic heterocycles. The molecule has 0 saturated carbocycles. The molecule has 0 aliphatic carbocycles. The van der Waals surface area contributed by atoms with Gasteiger partial charge in [0.25, 0.3) is 0 Å². The van der Waals surface area contributed by atoms with Crippen LogP contribution < -0.4 is 4.74 Å². The van der Waals surface area contributed by atoms with Gasteiger partial charge in [-0.1, -0.05) is 29.8 Å². The van der Waals surface area contributed by atoms with Crippen LogP contribution in [0.1, 0.15) is 24.0 Å². The van der Waals surface area contributed by atoms with Crippen LogP contribution in [0.25, 0.3) is 0 Å². The standard InChI is InChI=1S/C22H28N2O4S/c1-17-6-12-21(13-7-17)29(26,27)24-14-4-5-19(16-24)22(25)23(2)15-18-8-10-20(28-3)11-9-18/h6-13,19H,4-5,14-16H2,1-3H3. The third-order valence-electron chi connectivity index (χ3n) is 5.35. The first-order valence-corrected chi connectivity index (χ1v) is 11.2. The van der Waals surface area contributed by atoms with Crippen LogP contribution in [-0.2, 0) is 21.4 Å². The molecule has 0 N–H and O–H groups in total. The number of hydrogen-bond donors (Lipinski definition) is 0. The van der Waals surface area contributed by atoms with Crippen LogP contribution in [0, 0.1) is 12.8 Å². The minimum atomic E-state index is -3.59. The second-order valence-electron chi connectivity index (χ2n) is 7.56. The van der Waals surface area contributed by atoms with Gasteiger partial charge in [-0.2, -0.15) is 4.31 Å². The van der Waals surface area contributed by atoms with Crippen molar-refractivity contribution in [3.05, 3.63) is 59.7 Å². The molecule has 1 heterocycles. The minimum Gasteiger partial charge on any atom is -0.497 e.